The van der Waals surface area contributed by atoms with Crippen molar-refractivity contribution in [3.05, 3.63) is 0 Å². The van der Waals surface area contributed by atoms with Crippen molar-refractivity contribution in [1.82, 2.24) is 31.5 Å². The van der Waals surface area contributed by atoms with Crippen molar-refractivity contribution in [2.24, 2.45) is 5.92 Å². The molecule has 182 valence electrons. The SMILES string of the molecule is CC(C)C1CC(NCCCN(C)C)NC(NC(=O)NC2CCC(OC(F)(F)F)CC2)N1. The van der Waals surface area contributed by atoms with Crippen molar-refractivity contribution in [3.63, 3.8) is 0 Å². The molecule has 0 spiro atoms. The van der Waals surface area contributed by atoms with E-state index >= 15 is 0 Å². The highest BCUT2D eigenvalue weighted by Crippen LogP contribution is 2.28. The monoisotopic (exact) mass is 452 g/mol. The molecule has 0 radical (unpaired) electrons. The van der Waals surface area contributed by atoms with E-state index in [0.717, 1.165) is 25.9 Å². The van der Waals surface area contributed by atoms with Gasteiger partial charge in [0, 0.05) is 12.1 Å². The fraction of sp³-hybridized carbons (Fsp3) is 0.950. The van der Waals surface area contributed by atoms with Gasteiger partial charge in [-0.1, -0.05) is 13.8 Å². The average Bonchev–Trinajstić information content (AvgIpc) is 2.65. The first-order valence-corrected chi connectivity index (χ1v) is 11.2. The zero-order valence-corrected chi connectivity index (χ0v) is 19.0. The van der Waals surface area contributed by atoms with E-state index in [1.807, 2.05) is 14.1 Å². The number of carbonyl (C=O) groups is 1. The van der Waals surface area contributed by atoms with E-state index in [-0.39, 0.29) is 37.1 Å². The summed E-state index contributed by atoms with van der Waals surface area (Å²) in [5.41, 5.74) is 0. The molecule has 2 fully saturated rings. The Morgan fingerprint density at radius 2 is 1.81 bits per heavy atom. The van der Waals surface area contributed by atoms with Crippen molar-refractivity contribution in [1.29, 1.82) is 0 Å². The molecule has 0 aromatic carbocycles. The number of amides is 2. The van der Waals surface area contributed by atoms with E-state index in [1.54, 1.807) is 0 Å². The lowest BCUT2D eigenvalue weighted by Crippen LogP contribution is -2.69. The minimum absolute atomic E-state index is 0.0797. The van der Waals surface area contributed by atoms with Gasteiger partial charge in [-0.15, -0.1) is 13.2 Å². The standard InChI is InChI=1S/C20H39F3N6O2/c1-13(2)16-12-17(24-10-5-11-29(3)4)27-18(26-16)28-19(30)25-14-6-8-15(9-7-14)31-20(21,22)23/h13-18,24,26-27H,5-12H2,1-4H3,(H2,25,28,30). The second kappa shape index (κ2) is 12.2. The van der Waals surface area contributed by atoms with Gasteiger partial charge in [-0.05, 0) is 71.6 Å². The first kappa shape index (κ1) is 26.1. The van der Waals surface area contributed by atoms with Gasteiger partial charge in [0.2, 0.25) is 0 Å². The summed E-state index contributed by atoms with van der Waals surface area (Å²) in [6.45, 7) is 6.17. The van der Waals surface area contributed by atoms with E-state index in [2.05, 4.69) is 50.1 Å². The Bertz CT molecular complexity index is 541. The minimum Gasteiger partial charge on any atom is -0.335 e. The molecule has 1 saturated heterocycles. The summed E-state index contributed by atoms with van der Waals surface area (Å²) in [5.74, 6) is 0.407. The van der Waals surface area contributed by atoms with Crippen LogP contribution >= 0.6 is 0 Å². The zero-order chi connectivity index (χ0) is 23.0. The Morgan fingerprint density at radius 3 is 2.39 bits per heavy atom. The van der Waals surface area contributed by atoms with Gasteiger partial charge in [0.1, 0.15) is 6.29 Å². The molecule has 31 heavy (non-hydrogen) atoms. The Hall–Kier alpha value is -1.14. The van der Waals surface area contributed by atoms with Crippen LogP contribution < -0.4 is 26.6 Å². The second-order valence-corrected chi connectivity index (χ2v) is 9.17. The van der Waals surface area contributed by atoms with Crippen LogP contribution in [0.3, 0.4) is 0 Å². The molecule has 3 atom stereocenters. The van der Waals surface area contributed by atoms with Crippen LogP contribution in [0.4, 0.5) is 18.0 Å². The molecule has 0 aromatic heterocycles. The fourth-order valence-electron chi connectivity index (χ4n) is 4.09. The van der Waals surface area contributed by atoms with Crippen LogP contribution in [-0.2, 0) is 4.74 Å². The normalized spacial score (nSPS) is 29.9. The molecule has 1 heterocycles. The quantitative estimate of drug-likeness (QED) is 0.344. The topological polar surface area (TPSA) is 89.7 Å². The van der Waals surface area contributed by atoms with Gasteiger partial charge in [0.25, 0.3) is 0 Å². The molecule has 2 amide bonds. The summed E-state index contributed by atoms with van der Waals surface area (Å²) in [5, 5.41) is 16.1. The molecule has 5 N–H and O–H groups in total. The van der Waals surface area contributed by atoms with Gasteiger partial charge in [-0.2, -0.15) is 0 Å². The summed E-state index contributed by atoms with van der Waals surface area (Å²) >= 11 is 0. The van der Waals surface area contributed by atoms with Gasteiger partial charge in [-0.25, -0.2) is 4.79 Å². The van der Waals surface area contributed by atoms with Gasteiger partial charge in [0.05, 0.1) is 12.3 Å². The number of ether oxygens (including phenoxy) is 1. The fourth-order valence-corrected chi connectivity index (χ4v) is 4.09. The number of hydrogen-bond donors (Lipinski definition) is 5. The lowest BCUT2D eigenvalue weighted by Gasteiger charge is -2.40. The zero-order valence-electron chi connectivity index (χ0n) is 19.0. The van der Waals surface area contributed by atoms with E-state index in [9.17, 15) is 18.0 Å². The number of carbonyl (C=O) groups excluding carboxylic acids is 1. The summed E-state index contributed by atoms with van der Waals surface area (Å²) in [7, 11) is 4.10. The maximum atomic E-state index is 12.5. The van der Waals surface area contributed by atoms with Crippen LogP contribution in [0.1, 0.15) is 52.4 Å². The van der Waals surface area contributed by atoms with Gasteiger partial charge < -0.3 is 20.9 Å². The lowest BCUT2D eigenvalue weighted by atomic mass is 9.93. The number of alkyl halides is 3. The Labute approximate surface area is 183 Å². The average molecular weight is 453 g/mol. The van der Waals surface area contributed by atoms with Crippen molar-refractivity contribution in [2.45, 2.75) is 89.4 Å². The molecule has 11 heteroatoms. The summed E-state index contributed by atoms with van der Waals surface area (Å²) in [6, 6.07) is -0.244. The van der Waals surface area contributed by atoms with E-state index in [4.69, 9.17) is 0 Å². The maximum Gasteiger partial charge on any atom is 0.522 e. The Kier molecular flexibility index (Phi) is 10.3. The van der Waals surface area contributed by atoms with Crippen molar-refractivity contribution in [2.75, 3.05) is 27.2 Å². The number of halogens is 3. The summed E-state index contributed by atoms with van der Waals surface area (Å²) in [4.78, 5) is 14.6. The molecule has 8 nitrogen and oxygen atoms in total. The number of urea groups is 1. The molecule has 0 aromatic rings. The molecule has 1 aliphatic carbocycles. The smallest absolute Gasteiger partial charge is 0.335 e. The van der Waals surface area contributed by atoms with Crippen LogP contribution in [0.5, 0.6) is 0 Å². The van der Waals surface area contributed by atoms with Crippen molar-refractivity contribution < 1.29 is 22.7 Å². The Morgan fingerprint density at radius 1 is 1.13 bits per heavy atom. The van der Waals surface area contributed by atoms with Crippen LogP contribution in [-0.4, -0.2) is 75.1 Å². The van der Waals surface area contributed by atoms with E-state index < -0.39 is 18.8 Å². The number of nitrogens with one attached hydrogen (secondary N) is 5. The van der Waals surface area contributed by atoms with Crippen LogP contribution in [0.2, 0.25) is 0 Å². The summed E-state index contributed by atoms with van der Waals surface area (Å²) < 4.78 is 41.1. The second-order valence-electron chi connectivity index (χ2n) is 9.17. The van der Waals surface area contributed by atoms with Crippen molar-refractivity contribution in [3.8, 4) is 0 Å². The highest BCUT2D eigenvalue weighted by Gasteiger charge is 2.36. The van der Waals surface area contributed by atoms with Gasteiger partial charge >= 0.3 is 12.4 Å². The number of rotatable bonds is 9. The van der Waals surface area contributed by atoms with Crippen LogP contribution in [0.25, 0.3) is 0 Å². The molecule has 1 aliphatic heterocycles. The number of nitrogens with zero attached hydrogens (tertiary/aromatic N) is 1. The summed E-state index contributed by atoms with van der Waals surface area (Å²) in [6.07, 6.45) is -2.33. The Balaban J connectivity index is 1.76. The molecule has 0 bridgehead atoms. The lowest BCUT2D eigenvalue weighted by molar-refractivity contribution is -0.345. The molecule has 3 unspecified atom stereocenters. The molecular formula is C20H39F3N6O2. The highest BCUT2D eigenvalue weighted by molar-refractivity contribution is 5.74. The first-order valence-electron chi connectivity index (χ1n) is 11.2. The van der Waals surface area contributed by atoms with Gasteiger partial charge in [0.15, 0.2) is 0 Å². The third-order valence-electron chi connectivity index (χ3n) is 5.80. The van der Waals surface area contributed by atoms with Crippen LogP contribution in [0.15, 0.2) is 0 Å². The number of hydrogen-bond acceptors (Lipinski definition) is 6. The third kappa shape index (κ3) is 10.3. The highest BCUT2D eigenvalue weighted by atomic mass is 19.4. The predicted molar refractivity (Wildman–Crippen MR) is 113 cm³/mol. The first-order chi connectivity index (χ1) is 14.5. The van der Waals surface area contributed by atoms with Crippen LogP contribution in [0, 0.1) is 5.92 Å². The third-order valence-corrected chi connectivity index (χ3v) is 5.80. The van der Waals surface area contributed by atoms with E-state index in [1.165, 1.54) is 0 Å². The largest absolute Gasteiger partial charge is 0.522 e. The van der Waals surface area contributed by atoms with Crippen molar-refractivity contribution >= 4 is 6.03 Å². The molecule has 1 saturated carbocycles. The molecular weight excluding hydrogens is 413 g/mol. The predicted octanol–water partition coefficient (Wildman–Crippen LogP) is 1.89. The van der Waals surface area contributed by atoms with E-state index in [0.29, 0.717) is 18.8 Å². The molecule has 2 rings (SSSR count). The van der Waals surface area contributed by atoms with Gasteiger partial charge in [-0.3, -0.25) is 15.4 Å². The minimum atomic E-state index is -4.61. The maximum absolute atomic E-state index is 12.5. The molecule has 2 aliphatic rings.